The van der Waals surface area contributed by atoms with E-state index in [4.69, 9.17) is 0 Å². The first kappa shape index (κ1) is 17.6. The van der Waals surface area contributed by atoms with E-state index in [1.807, 2.05) is 36.5 Å². The van der Waals surface area contributed by atoms with Gasteiger partial charge in [-0.15, -0.1) is 0 Å². The van der Waals surface area contributed by atoms with Crippen LogP contribution in [0.25, 0.3) is 0 Å². The Labute approximate surface area is 156 Å². The number of rotatable bonds is 3. The van der Waals surface area contributed by atoms with E-state index in [0.717, 1.165) is 55.8 Å². The van der Waals surface area contributed by atoms with Crippen LogP contribution in [0.4, 0.5) is 5.69 Å². The van der Waals surface area contributed by atoms with Gasteiger partial charge in [0.25, 0.3) is 0 Å². The average Bonchev–Trinajstić information content (AvgIpc) is 2.61. The number of hydrogen-bond acceptors (Lipinski definition) is 4. The van der Waals surface area contributed by atoms with Gasteiger partial charge >= 0.3 is 0 Å². The molecule has 3 heterocycles. The lowest BCUT2D eigenvalue weighted by Gasteiger charge is -2.48. The molecule has 0 saturated carbocycles. The van der Waals surface area contributed by atoms with Crippen LogP contribution < -0.4 is 4.31 Å². The molecule has 0 amide bonds. The van der Waals surface area contributed by atoms with Crippen molar-refractivity contribution in [3.8, 4) is 0 Å². The molecule has 5 nitrogen and oxygen atoms in total. The fraction of sp³-hybridized carbons (Fsp3) is 0.450. The molecule has 6 heteroatoms. The third kappa shape index (κ3) is 3.54. The Bertz CT molecular complexity index is 823. The van der Waals surface area contributed by atoms with Crippen LogP contribution in [0.2, 0.25) is 0 Å². The fourth-order valence-electron chi connectivity index (χ4n) is 4.49. The zero-order chi connectivity index (χ0) is 18.2. The Kier molecular flexibility index (Phi) is 4.59. The molecule has 2 aliphatic heterocycles. The largest absolute Gasteiger partial charge is 0.593 e. The van der Waals surface area contributed by atoms with Crippen molar-refractivity contribution in [2.45, 2.75) is 25.8 Å². The first-order valence-electron chi connectivity index (χ1n) is 9.13. The monoisotopic (exact) mass is 371 g/mol. The van der Waals surface area contributed by atoms with Gasteiger partial charge < -0.3 is 4.55 Å². The molecule has 2 unspecified atom stereocenters. The Morgan fingerprint density at radius 1 is 1.19 bits per heavy atom. The van der Waals surface area contributed by atoms with Gasteiger partial charge in [-0.05, 0) is 49.6 Å². The van der Waals surface area contributed by atoms with Gasteiger partial charge in [-0.2, -0.15) is 4.31 Å². The summed E-state index contributed by atoms with van der Waals surface area (Å²) in [6, 6.07) is 13.9. The third-order valence-electron chi connectivity index (χ3n) is 5.56. The second-order valence-corrected chi connectivity index (χ2v) is 9.62. The zero-order valence-electron chi connectivity index (χ0n) is 15.1. The summed E-state index contributed by atoms with van der Waals surface area (Å²) in [6.45, 7) is 3.34. The van der Waals surface area contributed by atoms with E-state index in [0.29, 0.717) is 6.54 Å². The van der Waals surface area contributed by atoms with Crippen LogP contribution in [0.1, 0.15) is 24.1 Å². The second kappa shape index (κ2) is 6.76. The van der Waals surface area contributed by atoms with E-state index >= 15 is 0 Å². The van der Waals surface area contributed by atoms with Crippen LogP contribution >= 0.6 is 0 Å². The summed E-state index contributed by atoms with van der Waals surface area (Å²) >= 11 is 0. The van der Waals surface area contributed by atoms with Crippen LogP contribution in [0, 0.1) is 5.41 Å². The number of piperidine rings is 1. The van der Waals surface area contributed by atoms with Crippen molar-refractivity contribution in [1.29, 1.82) is 0 Å². The van der Waals surface area contributed by atoms with Crippen LogP contribution in [0.15, 0.2) is 48.7 Å². The topological polar surface area (TPSA) is 59.5 Å². The maximum absolute atomic E-state index is 12.4. The normalized spacial score (nSPS) is 25.7. The van der Waals surface area contributed by atoms with Crippen LogP contribution in [-0.2, 0) is 27.6 Å². The zero-order valence-corrected chi connectivity index (χ0v) is 16.0. The lowest BCUT2D eigenvalue weighted by molar-refractivity contribution is 0.0852. The van der Waals surface area contributed by atoms with E-state index in [-0.39, 0.29) is 5.41 Å². The number of sulfonamides is 1. The quantitative estimate of drug-likeness (QED) is 0.779. The van der Waals surface area contributed by atoms with Crippen molar-refractivity contribution in [2.24, 2.45) is 5.41 Å². The lowest BCUT2D eigenvalue weighted by Crippen LogP contribution is -2.55. The Morgan fingerprint density at radius 3 is 2.77 bits per heavy atom. The Balaban J connectivity index is 1.60. The third-order valence-corrected chi connectivity index (χ3v) is 6.68. The predicted octanol–water partition coefficient (Wildman–Crippen LogP) is 2.90. The van der Waals surface area contributed by atoms with E-state index in [1.165, 1.54) is 6.26 Å². The summed E-state index contributed by atoms with van der Waals surface area (Å²) < 4.78 is 26.5. The summed E-state index contributed by atoms with van der Waals surface area (Å²) in [4.78, 5) is 6.88. The average molecular weight is 372 g/mol. The molecular formula is C20H25N3O2S. The lowest BCUT2D eigenvalue weighted by atomic mass is 9.72. The minimum atomic E-state index is -3.29. The minimum Gasteiger partial charge on any atom is -0.593 e. The van der Waals surface area contributed by atoms with E-state index in [2.05, 4.69) is 22.0 Å². The molecule has 0 aliphatic carbocycles. The molecule has 1 aromatic heterocycles. The van der Waals surface area contributed by atoms with Crippen LogP contribution in [-0.4, -0.2) is 40.3 Å². The van der Waals surface area contributed by atoms with Gasteiger partial charge in [0.15, 0.2) is 0 Å². The smallest absolute Gasteiger partial charge is 0.145 e. The van der Waals surface area contributed by atoms with E-state index < -0.39 is 10.4 Å². The van der Waals surface area contributed by atoms with Crippen molar-refractivity contribution >= 4 is 16.1 Å². The van der Waals surface area contributed by atoms with Crippen molar-refractivity contribution in [3.63, 3.8) is 0 Å². The molecule has 1 spiro atoms. The fourth-order valence-corrected chi connectivity index (χ4v) is 5.53. The van der Waals surface area contributed by atoms with Crippen molar-refractivity contribution in [2.75, 3.05) is 30.2 Å². The summed E-state index contributed by atoms with van der Waals surface area (Å²) in [7, 11) is -3.29. The molecule has 1 aromatic carbocycles. The van der Waals surface area contributed by atoms with Gasteiger partial charge in [-0.25, -0.2) is 0 Å². The highest BCUT2D eigenvalue weighted by Gasteiger charge is 2.45. The van der Waals surface area contributed by atoms with Crippen molar-refractivity contribution in [3.05, 3.63) is 59.9 Å². The van der Waals surface area contributed by atoms with Crippen molar-refractivity contribution in [1.82, 2.24) is 9.88 Å². The number of nitrogens with zero attached hydrogens (tertiary/aromatic N) is 3. The predicted molar refractivity (Wildman–Crippen MR) is 103 cm³/mol. The molecular weight excluding hydrogens is 346 g/mol. The van der Waals surface area contributed by atoms with Gasteiger partial charge in [0.05, 0.1) is 17.9 Å². The van der Waals surface area contributed by atoms with Gasteiger partial charge in [-0.1, -0.05) is 28.5 Å². The molecule has 0 N–H and O–H groups in total. The molecule has 26 heavy (non-hydrogen) atoms. The second-order valence-electron chi connectivity index (χ2n) is 7.71. The number of pyridine rings is 1. The number of hydrogen-bond donors (Lipinski definition) is 0. The van der Waals surface area contributed by atoms with Gasteiger partial charge in [0.2, 0.25) is 0 Å². The summed E-state index contributed by atoms with van der Waals surface area (Å²) in [5.74, 6) is 0. The van der Waals surface area contributed by atoms with Gasteiger partial charge in [0, 0.05) is 24.7 Å². The van der Waals surface area contributed by atoms with Crippen LogP contribution in [0.3, 0.4) is 0 Å². The first-order chi connectivity index (χ1) is 12.5. The molecule has 1 saturated heterocycles. The van der Waals surface area contributed by atoms with Gasteiger partial charge in [0.1, 0.15) is 16.7 Å². The Hall–Kier alpha value is -1.76. The van der Waals surface area contributed by atoms with E-state index in [9.17, 15) is 8.76 Å². The number of aromatic nitrogens is 1. The standard InChI is InChI=1S/C20H25N3O2S/c1-26(24,25)23-16-20(13-17-7-2-3-9-19(17)23)10-6-12-22(15-20)14-18-8-4-5-11-21-18/h2-5,7-9,11H,6,10,12-16H2,1H3. The van der Waals surface area contributed by atoms with E-state index in [1.54, 1.807) is 4.31 Å². The highest BCUT2D eigenvalue weighted by Crippen LogP contribution is 2.43. The maximum atomic E-state index is 12.4. The maximum Gasteiger partial charge on any atom is 0.145 e. The highest BCUT2D eigenvalue weighted by molar-refractivity contribution is 7.98. The SMILES string of the molecule is C[S+](=O)([O-])N1CC2(CCCN(Cc3ccccn3)C2)Cc2ccccc21. The number of para-hydroxylation sites is 1. The molecule has 4 rings (SSSR count). The van der Waals surface area contributed by atoms with Crippen LogP contribution in [0.5, 0.6) is 0 Å². The summed E-state index contributed by atoms with van der Waals surface area (Å²) in [5.41, 5.74) is 3.04. The molecule has 0 radical (unpaired) electrons. The summed E-state index contributed by atoms with van der Waals surface area (Å²) in [5, 5.41) is 0. The Morgan fingerprint density at radius 2 is 2.00 bits per heavy atom. The number of anilines is 1. The first-order valence-corrected chi connectivity index (χ1v) is 11.0. The molecule has 2 atom stereocenters. The number of likely N-dealkylation sites (tertiary alicyclic amines) is 1. The van der Waals surface area contributed by atoms with Crippen molar-refractivity contribution < 1.29 is 8.76 Å². The number of fused-ring (bicyclic) bond motifs is 1. The molecule has 2 aliphatic rings. The number of benzene rings is 1. The molecule has 0 bridgehead atoms. The highest BCUT2D eigenvalue weighted by atomic mass is 32.3. The molecule has 138 valence electrons. The minimum absolute atomic E-state index is 0.0233. The summed E-state index contributed by atoms with van der Waals surface area (Å²) in [6.07, 6.45) is 6.24. The molecule has 1 fully saturated rings. The van der Waals surface area contributed by atoms with Gasteiger partial charge in [-0.3, -0.25) is 9.88 Å². The molecule has 2 aromatic rings.